The molecule has 3 aromatic heterocycles. The summed E-state index contributed by atoms with van der Waals surface area (Å²) >= 11 is 4.06. The second-order valence-electron chi connectivity index (χ2n) is 6.94. The van der Waals surface area contributed by atoms with Gasteiger partial charge in [-0.05, 0) is 38.1 Å². The lowest BCUT2D eigenvalue weighted by atomic mass is 10.4. The Morgan fingerprint density at radius 3 is 1.61 bits per heavy atom. The fraction of sp³-hybridized carbons (Fsp3) is 0.400. The predicted molar refractivity (Wildman–Crippen MR) is 121 cm³/mol. The molecule has 0 aliphatic rings. The Hall–Kier alpha value is -2.24. The van der Waals surface area contributed by atoms with Gasteiger partial charge in [-0.1, -0.05) is 34.9 Å². The Morgan fingerprint density at radius 2 is 1.26 bits per heavy atom. The number of rotatable bonds is 10. The van der Waals surface area contributed by atoms with Gasteiger partial charge in [-0.15, -0.1) is 10.2 Å². The van der Waals surface area contributed by atoms with Crippen molar-refractivity contribution in [2.24, 2.45) is 0 Å². The van der Waals surface area contributed by atoms with Gasteiger partial charge in [0.2, 0.25) is 11.8 Å². The minimum atomic E-state index is -0.0200. The number of hydrogen-bond donors (Lipinski definition) is 0. The molecule has 0 fully saturated rings. The van der Waals surface area contributed by atoms with Crippen molar-refractivity contribution in [3.8, 4) is 0 Å². The number of carbonyl (C=O) groups is 2. The summed E-state index contributed by atoms with van der Waals surface area (Å²) in [7, 11) is 3.49. The van der Waals surface area contributed by atoms with Crippen molar-refractivity contribution in [1.29, 1.82) is 0 Å². The highest BCUT2D eigenvalue weighted by atomic mass is 32.2. The highest BCUT2D eigenvalue weighted by Crippen LogP contribution is 2.29. The molecule has 3 heterocycles. The Morgan fingerprint density at radius 1 is 0.839 bits per heavy atom. The molecule has 0 unspecified atom stereocenters. The maximum atomic E-state index is 12.3. The second kappa shape index (κ2) is 10.9. The van der Waals surface area contributed by atoms with Crippen LogP contribution in [0.25, 0.3) is 0 Å². The molecule has 166 valence electrons. The third kappa shape index (κ3) is 7.15. The normalized spacial score (nSPS) is 11.0. The van der Waals surface area contributed by atoms with Crippen LogP contribution >= 0.6 is 34.9 Å². The van der Waals surface area contributed by atoms with E-state index in [1.165, 1.54) is 34.9 Å². The molecule has 3 rings (SSSR count). The van der Waals surface area contributed by atoms with Gasteiger partial charge < -0.3 is 18.6 Å². The number of aromatic nitrogens is 2. The SMILES string of the molecule is Cc1ccc(CN(C)C(=O)CSc2nnc(SCC(=O)N(C)Cc3ccc(C)o3)s2)o1. The zero-order valence-corrected chi connectivity index (χ0v) is 20.2. The van der Waals surface area contributed by atoms with Gasteiger partial charge in [-0.25, -0.2) is 0 Å². The fourth-order valence-electron chi connectivity index (χ4n) is 2.57. The predicted octanol–water partition coefficient (Wildman–Crippen LogP) is 3.84. The molecule has 8 nitrogen and oxygen atoms in total. The van der Waals surface area contributed by atoms with Gasteiger partial charge >= 0.3 is 0 Å². The highest BCUT2D eigenvalue weighted by molar-refractivity contribution is 8.03. The van der Waals surface area contributed by atoms with Gasteiger partial charge in [0.25, 0.3) is 0 Å². The molecule has 0 aliphatic heterocycles. The van der Waals surface area contributed by atoms with Crippen LogP contribution in [0.2, 0.25) is 0 Å². The number of aryl methyl sites for hydroxylation is 2. The maximum absolute atomic E-state index is 12.3. The van der Waals surface area contributed by atoms with E-state index in [2.05, 4.69) is 10.2 Å². The standard InChI is InChI=1S/C20H24N4O4S3/c1-13-5-7-15(27-13)9-23(3)17(25)11-29-19-21-22-20(31-19)30-12-18(26)24(4)10-16-8-6-14(2)28-16/h5-8H,9-12H2,1-4H3. The van der Waals surface area contributed by atoms with E-state index in [0.717, 1.165) is 23.0 Å². The average Bonchev–Trinajstić information content (AvgIpc) is 3.46. The monoisotopic (exact) mass is 480 g/mol. The number of nitrogens with zero attached hydrogens (tertiary/aromatic N) is 4. The summed E-state index contributed by atoms with van der Waals surface area (Å²) in [5, 5.41) is 8.22. The van der Waals surface area contributed by atoms with Crippen LogP contribution in [0.15, 0.2) is 41.8 Å². The zero-order valence-electron chi connectivity index (χ0n) is 17.8. The Kier molecular flexibility index (Phi) is 8.22. The molecule has 0 spiro atoms. The number of furan rings is 2. The van der Waals surface area contributed by atoms with Crippen molar-refractivity contribution < 1.29 is 18.4 Å². The first-order chi connectivity index (χ1) is 14.8. The molecule has 0 N–H and O–H groups in total. The molecule has 0 atom stereocenters. The van der Waals surface area contributed by atoms with Crippen LogP contribution in [-0.4, -0.2) is 57.4 Å². The molecular formula is C20H24N4O4S3. The van der Waals surface area contributed by atoms with E-state index in [1.54, 1.807) is 23.9 Å². The Labute approximate surface area is 193 Å². The number of carbonyl (C=O) groups excluding carboxylic acids is 2. The fourth-order valence-corrected chi connectivity index (χ4v) is 5.47. The quantitative estimate of drug-likeness (QED) is 0.404. The van der Waals surface area contributed by atoms with E-state index in [0.29, 0.717) is 21.8 Å². The van der Waals surface area contributed by atoms with Crippen LogP contribution in [-0.2, 0) is 22.7 Å². The molecule has 11 heteroatoms. The van der Waals surface area contributed by atoms with Gasteiger partial charge in [0.1, 0.15) is 23.0 Å². The van der Waals surface area contributed by atoms with Crippen molar-refractivity contribution in [1.82, 2.24) is 20.0 Å². The third-order valence-electron chi connectivity index (χ3n) is 4.26. The van der Waals surface area contributed by atoms with Gasteiger partial charge in [-0.3, -0.25) is 9.59 Å². The van der Waals surface area contributed by atoms with E-state index in [4.69, 9.17) is 8.83 Å². The lowest BCUT2D eigenvalue weighted by molar-refractivity contribution is -0.128. The van der Waals surface area contributed by atoms with Crippen LogP contribution in [0.5, 0.6) is 0 Å². The van der Waals surface area contributed by atoms with Crippen LogP contribution in [0, 0.1) is 13.8 Å². The lowest BCUT2D eigenvalue weighted by Gasteiger charge is -2.15. The molecule has 0 aromatic carbocycles. The minimum absolute atomic E-state index is 0.0200. The van der Waals surface area contributed by atoms with Gasteiger partial charge in [0.05, 0.1) is 24.6 Å². The van der Waals surface area contributed by atoms with E-state index < -0.39 is 0 Å². The van der Waals surface area contributed by atoms with Crippen molar-refractivity contribution in [2.75, 3.05) is 25.6 Å². The molecular weight excluding hydrogens is 456 g/mol. The van der Waals surface area contributed by atoms with Crippen molar-refractivity contribution in [3.63, 3.8) is 0 Å². The Balaban J connectivity index is 1.40. The molecule has 31 heavy (non-hydrogen) atoms. The first-order valence-electron chi connectivity index (χ1n) is 9.48. The number of amides is 2. The van der Waals surface area contributed by atoms with Crippen LogP contribution in [0.4, 0.5) is 0 Å². The lowest BCUT2D eigenvalue weighted by Crippen LogP contribution is -2.27. The van der Waals surface area contributed by atoms with E-state index in [9.17, 15) is 9.59 Å². The topological polar surface area (TPSA) is 92.7 Å². The van der Waals surface area contributed by atoms with Crippen molar-refractivity contribution in [3.05, 3.63) is 47.3 Å². The zero-order chi connectivity index (χ0) is 22.4. The number of thioether (sulfide) groups is 2. The second-order valence-corrected chi connectivity index (χ2v) is 10.4. The maximum Gasteiger partial charge on any atom is 0.233 e. The molecule has 0 radical (unpaired) electrons. The molecule has 2 amide bonds. The third-order valence-corrected chi connectivity index (χ3v) is 7.42. The smallest absolute Gasteiger partial charge is 0.233 e. The summed E-state index contributed by atoms with van der Waals surface area (Å²) in [6.07, 6.45) is 0. The summed E-state index contributed by atoms with van der Waals surface area (Å²) < 4.78 is 12.4. The summed E-state index contributed by atoms with van der Waals surface area (Å²) in [6, 6.07) is 7.50. The van der Waals surface area contributed by atoms with Gasteiger partial charge in [-0.2, -0.15) is 0 Å². The van der Waals surface area contributed by atoms with Crippen LogP contribution in [0.3, 0.4) is 0 Å². The highest BCUT2D eigenvalue weighted by Gasteiger charge is 2.16. The van der Waals surface area contributed by atoms with E-state index >= 15 is 0 Å². The van der Waals surface area contributed by atoms with Gasteiger partial charge in [0, 0.05) is 14.1 Å². The molecule has 0 saturated carbocycles. The first kappa shape index (κ1) is 23.4. The molecule has 3 aromatic rings. The number of hydrogen-bond acceptors (Lipinski definition) is 9. The van der Waals surface area contributed by atoms with Gasteiger partial charge in [0.15, 0.2) is 8.68 Å². The molecule has 0 saturated heterocycles. The minimum Gasteiger partial charge on any atom is -0.464 e. The van der Waals surface area contributed by atoms with Crippen LogP contribution in [0.1, 0.15) is 23.0 Å². The summed E-state index contributed by atoms with van der Waals surface area (Å²) in [5.74, 6) is 3.64. The largest absolute Gasteiger partial charge is 0.464 e. The Bertz CT molecular complexity index is 950. The molecule has 0 bridgehead atoms. The summed E-state index contributed by atoms with van der Waals surface area (Å²) in [6.45, 7) is 4.60. The van der Waals surface area contributed by atoms with Crippen molar-refractivity contribution in [2.45, 2.75) is 35.6 Å². The molecule has 0 aliphatic carbocycles. The summed E-state index contributed by atoms with van der Waals surface area (Å²) in [4.78, 5) is 27.9. The van der Waals surface area contributed by atoms with Crippen LogP contribution < -0.4 is 0 Å². The van der Waals surface area contributed by atoms with E-state index in [1.807, 2.05) is 38.1 Å². The first-order valence-corrected chi connectivity index (χ1v) is 12.3. The average molecular weight is 481 g/mol. The van der Waals surface area contributed by atoms with E-state index in [-0.39, 0.29) is 23.3 Å². The van der Waals surface area contributed by atoms with Crippen molar-refractivity contribution >= 4 is 46.7 Å². The summed E-state index contributed by atoms with van der Waals surface area (Å²) in [5.41, 5.74) is 0.